The molecular weight excluding hydrogens is 475 g/mol. The molecule has 1 aliphatic heterocycles. The number of morpholine rings is 1. The van der Waals surface area contributed by atoms with Crippen molar-refractivity contribution in [3.63, 3.8) is 0 Å². The highest BCUT2D eigenvalue weighted by Crippen LogP contribution is 2.45. The minimum absolute atomic E-state index is 0.0674. The topological polar surface area (TPSA) is 92.7 Å². The molecule has 1 aliphatic rings. The molecule has 0 spiro atoms. The fourth-order valence-electron chi connectivity index (χ4n) is 4.51. The Morgan fingerprint density at radius 2 is 2.00 bits per heavy atom. The number of benzene rings is 2. The van der Waals surface area contributed by atoms with Crippen molar-refractivity contribution >= 4 is 33.4 Å². The van der Waals surface area contributed by atoms with Crippen molar-refractivity contribution in [2.24, 2.45) is 0 Å². The highest BCUT2D eigenvalue weighted by Gasteiger charge is 2.24. The average Bonchev–Trinajstić information content (AvgIpc) is 3.24. The second-order valence-corrected chi connectivity index (χ2v) is 8.88. The van der Waals surface area contributed by atoms with Gasteiger partial charge < -0.3 is 19.3 Å². The number of aromatic nitrogens is 3. The van der Waals surface area contributed by atoms with Crippen LogP contribution in [-0.4, -0.2) is 71.8 Å². The van der Waals surface area contributed by atoms with Crippen molar-refractivity contribution in [1.82, 2.24) is 20.1 Å². The van der Waals surface area contributed by atoms with Crippen LogP contribution in [0.5, 0.6) is 17.2 Å². The van der Waals surface area contributed by atoms with E-state index in [1.807, 2.05) is 6.92 Å². The SMILES string of the molecule is COc1c(OCCCN2CCOCC2)cc(F)c2c(-c3ccc(O)c(Cl)c3)nc3n[nH]c(C)c3c12. The summed E-state index contributed by atoms with van der Waals surface area (Å²) in [5.41, 5.74) is 2.03. The lowest BCUT2D eigenvalue weighted by atomic mass is 9.99. The molecule has 2 aromatic heterocycles. The maximum atomic E-state index is 15.7. The van der Waals surface area contributed by atoms with Gasteiger partial charge >= 0.3 is 0 Å². The highest BCUT2D eigenvalue weighted by molar-refractivity contribution is 6.32. The van der Waals surface area contributed by atoms with Crippen molar-refractivity contribution < 1.29 is 23.7 Å². The van der Waals surface area contributed by atoms with Crippen LogP contribution < -0.4 is 9.47 Å². The first kappa shape index (κ1) is 23.6. The van der Waals surface area contributed by atoms with Gasteiger partial charge in [0.1, 0.15) is 11.6 Å². The molecule has 1 fully saturated rings. The second kappa shape index (κ2) is 9.85. The largest absolute Gasteiger partial charge is 0.506 e. The smallest absolute Gasteiger partial charge is 0.182 e. The number of pyridine rings is 1. The van der Waals surface area contributed by atoms with Gasteiger partial charge in [0.05, 0.1) is 43.0 Å². The summed E-state index contributed by atoms with van der Waals surface area (Å²) in [5, 5.41) is 18.7. The van der Waals surface area contributed by atoms with Crippen molar-refractivity contribution in [3.8, 4) is 28.5 Å². The highest BCUT2D eigenvalue weighted by atomic mass is 35.5. The standard InChI is InChI=1S/C25H26ClFN4O4/c1-14-20-22-21(23(28-25(20)30-29-14)15-4-5-18(32)16(26)12-15)17(27)13-19(24(22)33-2)35-9-3-6-31-7-10-34-11-8-31/h4-5,12-13,32H,3,6-11H2,1-2H3,(H,28,29,30). The summed E-state index contributed by atoms with van der Waals surface area (Å²) < 4.78 is 32.9. The van der Waals surface area contributed by atoms with Gasteiger partial charge in [0.15, 0.2) is 17.1 Å². The lowest BCUT2D eigenvalue weighted by Gasteiger charge is -2.26. The number of phenolic OH excluding ortho intramolecular Hbond substituents is 1. The number of nitrogens with one attached hydrogen (secondary N) is 1. The van der Waals surface area contributed by atoms with Crippen LogP contribution in [0.3, 0.4) is 0 Å². The van der Waals surface area contributed by atoms with E-state index >= 15 is 4.39 Å². The zero-order chi connectivity index (χ0) is 24.5. The Bertz CT molecular complexity index is 1390. The number of fused-ring (bicyclic) bond motifs is 3. The predicted octanol–water partition coefficient (Wildman–Crippen LogP) is 4.69. The van der Waals surface area contributed by atoms with Crippen molar-refractivity contribution in [1.29, 1.82) is 0 Å². The molecule has 4 aromatic rings. The van der Waals surface area contributed by atoms with Crippen LogP contribution >= 0.6 is 11.6 Å². The third-order valence-electron chi connectivity index (χ3n) is 6.24. The molecule has 1 saturated heterocycles. The van der Waals surface area contributed by atoms with Crippen LogP contribution in [0.15, 0.2) is 24.3 Å². The van der Waals surface area contributed by atoms with Gasteiger partial charge in [-0.1, -0.05) is 11.6 Å². The summed E-state index contributed by atoms with van der Waals surface area (Å²) in [5.74, 6) is 0.165. The number of nitrogens with zero attached hydrogens (tertiary/aromatic N) is 3. The summed E-state index contributed by atoms with van der Waals surface area (Å²) in [6.07, 6.45) is 0.788. The van der Waals surface area contributed by atoms with Gasteiger partial charge in [0.25, 0.3) is 0 Å². The Balaban J connectivity index is 1.58. The van der Waals surface area contributed by atoms with E-state index in [0.717, 1.165) is 45.0 Å². The quantitative estimate of drug-likeness (QED) is 0.355. The number of ether oxygens (including phenoxy) is 3. The van der Waals surface area contributed by atoms with Gasteiger partial charge in [-0.05, 0) is 31.5 Å². The zero-order valence-corrected chi connectivity index (χ0v) is 20.3. The van der Waals surface area contributed by atoms with Gasteiger partial charge in [-0.3, -0.25) is 10.00 Å². The molecule has 0 atom stereocenters. The van der Waals surface area contributed by atoms with Crippen LogP contribution in [0.4, 0.5) is 4.39 Å². The zero-order valence-electron chi connectivity index (χ0n) is 19.5. The summed E-state index contributed by atoms with van der Waals surface area (Å²) >= 11 is 6.14. The maximum absolute atomic E-state index is 15.7. The average molecular weight is 501 g/mol. The molecule has 184 valence electrons. The van der Waals surface area contributed by atoms with Crippen molar-refractivity contribution in [2.45, 2.75) is 13.3 Å². The van der Waals surface area contributed by atoms with Crippen molar-refractivity contribution in [2.75, 3.05) is 46.6 Å². The molecule has 0 radical (unpaired) electrons. The molecule has 2 aromatic carbocycles. The summed E-state index contributed by atoms with van der Waals surface area (Å²) in [6, 6.07) is 5.97. The molecule has 3 heterocycles. The Hall–Kier alpha value is -3.14. The molecule has 0 amide bonds. The fraction of sp³-hybridized carbons (Fsp3) is 0.360. The molecule has 2 N–H and O–H groups in total. The number of aryl methyl sites for hydroxylation is 1. The van der Waals surface area contributed by atoms with Gasteiger partial charge in [-0.15, -0.1) is 0 Å². The van der Waals surface area contributed by atoms with Gasteiger partial charge in [-0.25, -0.2) is 9.37 Å². The maximum Gasteiger partial charge on any atom is 0.182 e. The number of methoxy groups -OCH3 is 1. The third-order valence-corrected chi connectivity index (χ3v) is 6.54. The first-order valence-corrected chi connectivity index (χ1v) is 11.8. The van der Waals surface area contributed by atoms with Crippen molar-refractivity contribution in [3.05, 3.63) is 40.8 Å². The number of rotatable bonds is 7. The summed E-state index contributed by atoms with van der Waals surface area (Å²) in [6.45, 7) is 6.44. The Morgan fingerprint density at radius 3 is 2.74 bits per heavy atom. The van der Waals surface area contributed by atoms with E-state index in [9.17, 15) is 5.11 Å². The molecule has 0 unspecified atom stereocenters. The molecule has 8 nitrogen and oxygen atoms in total. The Labute approximate surface area is 206 Å². The van der Waals surface area contributed by atoms with Crippen LogP contribution in [0, 0.1) is 12.7 Å². The molecule has 0 bridgehead atoms. The predicted molar refractivity (Wildman–Crippen MR) is 132 cm³/mol. The van der Waals surface area contributed by atoms with Crippen LogP contribution in [-0.2, 0) is 4.74 Å². The third kappa shape index (κ3) is 4.47. The van der Waals surface area contributed by atoms with Gasteiger partial charge in [-0.2, -0.15) is 5.10 Å². The lowest BCUT2D eigenvalue weighted by molar-refractivity contribution is 0.0357. The number of halogens is 2. The molecule has 5 rings (SSSR count). The minimum Gasteiger partial charge on any atom is -0.506 e. The molecule has 0 aliphatic carbocycles. The van der Waals surface area contributed by atoms with E-state index in [4.69, 9.17) is 25.8 Å². The second-order valence-electron chi connectivity index (χ2n) is 8.47. The van der Waals surface area contributed by atoms with E-state index in [2.05, 4.69) is 20.1 Å². The van der Waals surface area contributed by atoms with Crippen LogP contribution in [0.1, 0.15) is 12.1 Å². The molecule has 0 saturated carbocycles. The Morgan fingerprint density at radius 1 is 1.20 bits per heavy atom. The summed E-state index contributed by atoms with van der Waals surface area (Å²) in [7, 11) is 1.53. The van der Waals surface area contributed by atoms with E-state index in [1.54, 1.807) is 12.1 Å². The number of H-pyrrole nitrogens is 1. The number of hydrogen-bond donors (Lipinski definition) is 2. The monoisotopic (exact) mass is 500 g/mol. The van der Waals surface area contributed by atoms with Crippen LogP contribution in [0.2, 0.25) is 5.02 Å². The van der Waals surface area contributed by atoms with E-state index < -0.39 is 5.82 Å². The van der Waals surface area contributed by atoms with Gasteiger partial charge in [0, 0.05) is 47.7 Å². The fourth-order valence-corrected chi connectivity index (χ4v) is 4.69. The molecule has 10 heteroatoms. The molecular formula is C25H26ClFN4O4. The van der Waals surface area contributed by atoms with E-state index in [-0.39, 0.29) is 16.2 Å². The first-order chi connectivity index (χ1) is 17.0. The number of phenols is 1. The minimum atomic E-state index is -0.502. The first-order valence-electron chi connectivity index (χ1n) is 11.4. The number of aromatic hydroxyl groups is 1. The van der Waals surface area contributed by atoms with E-state index in [0.29, 0.717) is 45.8 Å². The summed E-state index contributed by atoms with van der Waals surface area (Å²) in [4.78, 5) is 6.95. The number of aromatic amines is 1. The lowest BCUT2D eigenvalue weighted by Crippen LogP contribution is -2.37. The van der Waals surface area contributed by atoms with Gasteiger partial charge in [0.2, 0.25) is 0 Å². The molecule has 35 heavy (non-hydrogen) atoms. The Kier molecular flexibility index (Phi) is 6.64. The van der Waals surface area contributed by atoms with E-state index in [1.165, 1.54) is 19.2 Å². The van der Waals surface area contributed by atoms with Crippen LogP contribution in [0.25, 0.3) is 33.1 Å². The normalized spacial score (nSPS) is 14.6. The number of hydrogen-bond acceptors (Lipinski definition) is 7.